The number of fused-ring (bicyclic) bond motifs is 8. The highest BCUT2D eigenvalue weighted by molar-refractivity contribution is 6.19. The van der Waals surface area contributed by atoms with E-state index >= 15 is 0 Å². The molecule has 0 saturated carbocycles. The van der Waals surface area contributed by atoms with Gasteiger partial charge >= 0.3 is 0 Å². The quantitative estimate of drug-likeness (QED) is 0.180. The molecule has 11 aromatic rings. The Morgan fingerprint density at radius 1 is 0.352 bits per heavy atom. The van der Waals surface area contributed by atoms with Crippen LogP contribution in [0.15, 0.2) is 185 Å². The number of aromatic nitrogens is 3. The van der Waals surface area contributed by atoms with Gasteiger partial charge in [0.05, 0.1) is 28.0 Å². The summed E-state index contributed by atoms with van der Waals surface area (Å²) in [6.07, 6.45) is 0. The van der Waals surface area contributed by atoms with Crippen LogP contribution in [0.1, 0.15) is 0 Å². The average Bonchev–Trinajstić information content (AvgIpc) is 3.83. The number of benzene rings is 7. The van der Waals surface area contributed by atoms with Crippen molar-refractivity contribution < 1.29 is 8.83 Å². The molecule has 4 heterocycles. The normalized spacial score (nSPS) is 11.7. The van der Waals surface area contributed by atoms with E-state index in [9.17, 15) is 0 Å². The van der Waals surface area contributed by atoms with E-state index in [0.29, 0.717) is 5.82 Å². The van der Waals surface area contributed by atoms with E-state index in [1.165, 1.54) is 0 Å². The van der Waals surface area contributed by atoms with Crippen LogP contribution in [0.2, 0.25) is 0 Å². The van der Waals surface area contributed by atoms with E-state index < -0.39 is 0 Å². The maximum atomic E-state index is 6.55. The predicted molar refractivity (Wildman–Crippen MR) is 219 cm³/mol. The first-order valence-electron chi connectivity index (χ1n) is 18.0. The zero-order chi connectivity index (χ0) is 35.6. The number of hydrogen-bond donors (Lipinski definition) is 0. The average molecular weight is 692 g/mol. The lowest BCUT2D eigenvalue weighted by Crippen LogP contribution is -1.96. The summed E-state index contributed by atoms with van der Waals surface area (Å²) in [7, 11) is 0. The maximum Gasteiger partial charge on any atom is 0.160 e. The van der Waals surface area contributed by atoms with E-state index in [1.54, 1.807) is 0 Å². The van der Waals surface area contributed by atoms with Crippen LogP contribution in [-0.2, 0) is 0 Å². The molecule has 0 amide bonds. The Balaban J connectivity index is 1.09. The van der Waals surface area contributed by atoms with Gasteiger partial charge in [-0.2, -0.15) is 0 Å². The van der Waals surface area contributed by atoms with Gasteiger partial charge in [0.1, 0.15) is 22.3 Å². The van der Waals surface area contributed by atoms with Gasteiger partial charge in [-0.05, 0) is 42.0 Å². The Morgan fingerprint density at radius 3 is 1.78 bits per heavy atom. The second-order valence-corrected chi connectivity index (χ2v) is 13.6. The van der Waals surface area contributed by atoms with E-state index in [1.807, 2.05) is 72.8 Å². The molecule has 54 heavy (non-hydrogen) atoms. The monoisotopic (exact) mass is 691 g/mol. The third kappa shape index (κ3) is 4.90. The number of furan rings is 2. The fraction of sp³-hybridized carbons (Fsp3) is 0. The van der Waals surface area contributed by atoms with Crippen molar-refractivity contribution in [2.45, 2.75) is 0 Å². The third-order valence-corrected chi connectivity index (χ3v) is 10.3. The molecule has 11 rings (SSSR count). The summed E-state index contributed by atoms with van der Waals surface area (Å²) >= 11 is 0. The summed E-state index contributed by atoms with van der Waals surface area (Å²) in [5, 5.41) is 5.23. The molecule has 0 bridgehead atoms. The molecule has 0 unspecified atom stereocenters. The lowest BCUT2D eigenvalue weighted by atomic mass is 9.99. The summed E-state index contributed by atoms with van der Waals surface area (Å²) in [5.41, 5.74) is 12.7. The fourth-order valence-electron chi connectivity index (χ4n) is 7.71. The Labute approximate surface area is 309 Å². The van der Waals surface area contributed by atoms with Crippen LogP contribution in [0, 0.1) is 0 Å². The Hall–Kier alpha value is -7.37. The molecule has 4 aromatic heterocycles. The second kappa shape index (κ2) is 12.1. The van der Waals surface area contributed by atoms with Crippen molar-refractivity contribution in [2.75, 3.05) is 0 Å². The molecule has 0 aliphatic carbocycles. The molecule has 0 spiro atoms. The number of hydrogen-bond acceptors (Lipinski definition) is 5. The third-order valence-electron chi connectivity index (χ3n) is 10.3. The largest absolute Gasteiger partial charge is 0.455 e. The molecule has 0 N–H and O–H groups in total. The number of rotatable bonds is 5. The second-order valence-electron chi connectivity index (χ2n) is 13.6. The van der Waals surface area contributed by atoms with Gasteiger partial charge in [0.15, 0.2) is 5.82 Å². The number of nitrogens with zero attached hydrogens (tertiary/aromatic N) is 3. The van der Waals surface area contributed by atoms with Gasteiger partial charge in [-0.1, -0.05) is 140 Å². The SMILES string of the molecule is c1ccc(-c2cc(-c3ccc4c(c3)nc(-c3ccccc3)c3c5ccccc5oc43)nc(-c3cccc(-c4cccc5c4oc4ccccc45)c3)n2)cc1. The first kappa shape index (κ1) is 30.3. The number of pyridine rings is 1. The van der Waals surface area contributed by atoms with Gasteiger partial charge in [0.2, 0.25) is 0 Å². The fourth-order valence-corrected chi connectivity index (χ4v) is 7.71. The van der Waals surface area contributed by atoms with Crippen LogP contribution >= 0.6 is 0 Å². The van der Waals surface area contributed by atoms with E-state index in [2.05, 4.69) is 103 Å². The predicted octanol–water partition coefficient (Wildman–Crippen LogP) is 13.2. The minimum atomic E-state index is 0.635. The van der Waals surface area contributed by atoms with E-state index in [-0.39, 0.29) is 0 Å². The minimum absolute atomic E-state index is 0.635. The molecule has 0 atom stereocenters. The molecular formula is C49H29N3O2. The summed E-state index contributed by atoms with van der Waals surface area (Å²) in [6.45, 7) is 0. The molecule has 5 heteroatoms. The van der Waals surface area contributed by atoms with Crippen LogP contribution in [0.4, 0.5) is 0 Å². The summed E-state index contributed by atoms with van der Waals surface area (Å²) in [4.78, 5) is 15.7. The van der Waals surface area contributed by atoms with Crippen molar-refractivity contribution in [1.29, 1.82) is 0 Å². The maximum absolute atomic E-state index is 6.55. The zero-order valence-corrected chi connectivity index (χ0v) is 28.9. The Morgan fingerprint density at radius 2 is 0.963 bits per heavy atom. The molecule has 7 aromatic carbocycles. The van der Waals surface area contributed by atoms with Gasteiger partial charge < -0.3 is 8.83 Å². The van der Waals surface area contributed by atoms with Crippen molar-refractivity contribution in [1.82, 2.24) is 15.0 Å². The topological polar surface area (TPSA) is 65.0 Å². The highest BCUT2D eigenvalue weighted by Gasteiger charge is 2.19. The van der Waals surface area contributed by atoms with Gasteiger partial charge in [-0.15, -0.1) is 0 Å². The van der Waals surface area contributed by atoms with Crippen LogP contribution in [0.5, 0.6) is 0 Å². The summed E-state index contributed by atoms with van der Waals surface area (Å²) < 4.78 is 13.0. The van der Waals surface area contributed by atoms with Crippen molar-refractivity contribution in [3.63, 3.8) is 0 Å². The van der Waals surface area contributed by atoms with E-state index in [4.69, 9.17) is 23.8 Å². The van der Waals surface area contributed by atoms with Crippen LogP contribution in [0.3, 0.4) is 0 Å². The van der Waals surface area contributed by atoms with Gasteiger partial charge in [0.25, 0.3) is 0 Å². The highest BCUT2D eigenvalue weighted by Crippen LogP contribution is 2.41. The molecule has 0 fully saturated rings. The molecule has 0 aliphatic rings. The van der Waals surface area contributed by atoms with Crippen LogP contribution in [0.25, 0.3) is 111 Å². The minimum Gasteiger partial charge on any atom is -0.455 e. The van der Waals surface area contributed by atoms with Crippen molar-refractivity contribution in [3.8, 4) is 56.3 Å². The first-order chi connectivity index (χ1) is 26.7. The Bertz CT molecular complexity index is 3220. The Kier molecular flexibility index (Phi) is 6.79. The molecule has 0 saturated heterocycles. The molecule has 0 radical (unpaired) electrons. The lowest BCUT2D eigenvalue weighted by molar-refractivity contribution is 0.670. The summed E-state index contributed by atoms with van der Waals surface area (Å²) in [6, 6.07) is 60.1. The van der Waals surface area contributed by atoms with Crippen LogP contribution in [-0.4, -0.2) is 15.0 Å². The van der Waals surface area contributed by atoms with Crippen LogP contribution < -0.4 is 0 Å². The van der Waals surface area contributed by atoms with Crippen molar-refractivity contribution in [2.24, 2.45) is 0 Å². The molecule has 5 nitrogen and oxygen atoms in total. The zero-order valence-electron chi connectivity index (χ0n) is 28.9. The lowest BCUT2D eigenvalue weighted by Gasteiger charge is -2.12. The standard InChI is InChI=1S/C49H29N3O2/c1-3-13-30(14-4-1)40-29-41(52-49(51-40)34-18-11-17-32(27-34)35-21-12-22-37-36-19-7-9-23-43(36)53-47(35)37)33-25-26-38-42(28-33)50-46(31-15-5-2-6-16-31)45-39-20-8-10-24-44(39)54-48(38)45/h1-29H. The smallest absolute Gasteiger partial charge is 0.160 e. The first-order valence-corrected chi connectivity index (χ1v) is 18.0. The van der Waals surface area contributed by atoms with Gasteiger partial charge in [-0.3, -0.25) is 0 Å². The van der Waals surface area contributed by atoms with Gasteiger partial charge in [0, 0.05) is 49.4 Å². The van der Waals surface area contributed by atoms with Gasteiger partial charge in [-0.25, -0.2) is 15.0 Å². The highest BCUT2D eigenvalue weighted by atomic mass is 16.3. The van der Waals surface area contributed by atoms with E-state index in [0.717, 1.165) is 105 Å². The molecule has 0 aliphatic heterocycles. The molecule has 252 valence electrons. The molecular weight excluding hydrogens is 663 g/mol. The summed E-state index contributed by atoms with van der Waals surface area (Å²) in [5.74, 6) is 0.635. The number of para-hydroxylation sites is 3. The van der Waals surface area contributed by atoms with Crippen molar-refractivity contribution in [3.05, 3.63) is 176 Å². The van der Waals surface area contributed by atoms with Crippen molar-refractivity contribution >= 4 is 54.8 Å².